The number of ketones is 1. The van der Waals surface area contributed by atoms with Crippen molar-refractivity contribution in [1.29, 1.82) is 0 Å². The number of rotatable bonds is 4. The van der Waals surface area contributed by atoms with Gasteiger partial charge in [-0.15, -0.1) is 0 Å². The van der Waals surface area contributed by atoms with Crippen LogP contribution in [0.25, 0.3) is 27.5 Å². The Morgan fingerprint density at radius 2 is 1.32 bits per heavy atom. The van der Waals surface area contributed by atoms with Gasteiger partial charge < -0.3 is 4.57 Å². The summed E-state index contributed by atoms with van der Waals surface area (Å²) in [6, 6.07) is 26.2. The molecule has 202 valence electrons. The molecule has 40 heavy (non-hydrogen) atoms. The van der Waals surface area contributed by atoms with Crippen LogP contribution in [0.3, 0.4) is 0 Å². The SMILES string of the molecule is Cc1ccc2c(c1)c(=O)c1cc(C)ccc1n2-c1cccc(C2CCCC2c2ccc(C(=O)C(F)(F)F)cc2)c1. The van der Waals surface area contributed by atoms with Gasteiger partial charge in [0.1, 0.15) is 0 Å². The zero-order valence-electron chi connectivity index (χ0n) is 22.3. The van der Waals surface area contributed by atoms with Crippen molar-refractivity contribution < 1.29 is 18.0 Å². The third-order valence-corrected chi connectivity index (χ3v) is 8.21. The fraction of sp³-hybridized carbons (Fsp3) is 0.235. The quantitative estimate of drug-likeness (QED) is 0.170. The molecule has 0 amide bonds. The van der Waals surface area contributed by atoms with Crippen molar-refractivity contribution in [3.63, 3.8) is 0 Å². The number of alkyl halides is 3. The minimum absolute atomic E-state index is 0.0214. The smallest absolute Gasteiger partial charge is 0.309 e. The van der Waals surface area contributed by atoms with Crippen LogP contribution in [-0.4, -0.2) is 16.5 Å². The number of halogens is 3. The maximum atomic E-state index is 13.5. The Balaban J connectivity index is 1.44. The number of pyridine rings is 1. The van der Waals surface area contributed by atoms with Crippen molar-refractivity contribution in [2.75, 3.05) is 0 Å². The summed E-state index contributed by atoms with van der Waals surface area (Å²) < 4.78 is 40.8. The molecule has 1 aliphatic carbocycles. The molecule has 1 heterocycles. The highest BCUT2D eigenvalue weighted by atomic mass is 19.4. The average molecular weight is 540 g/mol. The number of Topliss-reactive ketones (excluding diaryl/α,β-unsaturated/α-hetero) is 1. The van der Waals surface area contributed by atoms with Crippen LogP contribution >= 0.6 is 0 Å². The van der Waals surface area contributed by atoms with E-state index in [1.54, 1.807) is 12.1 Å². The first kappa shape index (κ1) is 26.1. The van der Waals surface area contributed by atoms with Gasteiger partial charge in [-0.2, -0.15) is 13.2 Å². The highest BCUT2D eigenvalue weighted by Gasteiger charge is 2.39. The molecule has 5 aromatic rings. The van der Waals surface area contributed by atoms with Crippen molar-refractivity contribution in [1.82, 2.24) is 4.57 Å². The molecule has 1 aromatic heterocycles. The van der Waals surface area contributed by atoms with Crippen LogP contribution in [0.1, 0.15) is 63.7 Å². The fourth-order valence-corrected chi connectivity index (χ4v) is 6.30. The number of nitrogens with zero attached hydrogens (tertiary/aromatic N) is 1. The molecular weight excluding hydrogens is 511 g/mol. The summed E-state index contributed by atoms with van der Waals surface area (Å²) in [6.07, 6.45) is -2.00. The van der Waals surface area contributed by atoms with Crippen LogP contribution in [0.2, 0.25) is 0 Å². The van der Waals surface area contributed by atoms with E-state index in [2.05, 4.69) is 16.7 Å². The topological polar surface area (TPSA) is 39.1 Å². The lowest BCUT2D eigenvalue weighted by Crippen LogP contribution is -2.22. The second kappa shape index (κ2) is 9.77. The van der Waals surface area contributed by atoms with E-state index in [-0.39, 0.29) is 22.8 Å². The van der Waals surface area contributed by atoms with Gasteiger partial charge in [-0.1, -0.05) is 66.1 Å². The lowest BCUT2D eigenvalue weighted by Gasteiger charge is -2.23. The minimum Gasteiger partial charge on any atom is -0.309 e. The first-order valence-corrected chi connectivity index (χ1v) is 13.5. The van der Waals surface area contributed by atoms with Crippen molar-refractivity contribution >= 4 is 27.6 Å². The zero-order chi connectivity index (χ0) is 28.2. The molecule has 3 nitrogen and oxygen atoms in total. The maximum Gasteiger partial charge on any atom is 0.454 e. The van der Waals surface area contributed by atoms with Crippen molar-refractivity contribution in [2.45, 2.75) is 51.1 Å². The number of hydrogen-bond donors (Lipinski definition) is 0. The lowest BCUT2D eigenvalue weighted by molar-refractivity contribution is -0.0885. The molecule has 0 radical (unpaired) electrons. The summed E-state index contributed by atoms with van der Waals surface area (Å²) in [5.74, 6) is -1.50. The lowest BCUT2D eigenvalue weighted by atomic mass is 9.83. The molecule has 2 atom stereocenters. The van der Waals surface area contributed by atoms with Crippen molar-refractivity contribution in [3.8, 4) is 5.69 Å². The van der Waals surface area contributed by atoms with Crippen LogP contribution in [-0.2, 0) is 0 Å². The Kier molecular flexibility index (Phi) is 6.37. The molecule has 1 aliphatic rings. The highest BCUT2D eigenvalue weighted by Crippen LogP contribution is 2.46. The summed E-state index contributed by atoms with van der Waals surface area (Å²) in [7, 11) is 0. The molecule has 0 saturated heterocycles. The molecule has 0 bridgehead atoms. The van der Waals surface area contributed by atoms with Crippen LogP contribution < -0.4 is 5.43 Å². The van der Waals surface area contributed by atoms with E-state index in [1.165, 1.54) is 12.1 Å². The number of benzene rings is 4. The van der Waals surface area contributed by atoms with Gasteiger partial charge in [0.25, 0.3) is 5.78 Å². The van der Waals surface area contributed by atoms with Gasteiger partial charge in [0.15, 0.2) is 5.43 Å². The van der Waals surface area contributed by atoms with Gasteiger partial charge >= 0.3 is 6.18 Å². The van der Waals surface area contributed by atoms with E-state index in [9.17, 15) is 22.8 Å². The van der Waals surface area contributed by atoms with E-state index >= 15 is 0 Å². The number of fused-ring (bicyclic) bond motifs is 2. The van der Waals surface area contributed by atoms with Gasteiger partial charge in [-0.3, -0.25) is 9.59 Å². The Labute approximate surface area is 229 Å². The van der Waals surface area contributed by atoms with E-state index < -0.39 is 12.0 Å². The van der Waals surface area contributed by atoms with Crippen LogP contribution in [0.5, 0.6) is 0 Å². The molecule has 1 saturated carbocycles. The van der Waals surface area contributed by atoms with E-state index in [0.29, 0.717) is 10.8 Å². The van der Waals surface area contributed by atoms with E-state index in [1.807, 2.05) is 62.4 Å². The summed E-state index contributed by atoms with van der Waals surface area (Å²) in [6.45, 7) is 3.96. The Hall–Kier alpha value is -4.19. The van der Waals surface area contributed by atoms with E-state index in [0.717, 1.165) is 58.2 Å². The van der Waals surface area contributed by atoms with Crippen molar-refractivity contribution in [3.05, 3.63) is 123 Å². The van der Waals surface area contributed by atoms with Crippen molar-refractivity contribution in [2.24, 2.45) is 0 Å². The second-order valence-corrected chi connectivity index (χ2v) is 10.9. The summed E-state index contributed by atoms with van der Waals surface area (Å²) in [5.41, 5.74) is 6.46. The number of aromatic nitrogens is 1. The molecule has 0 aliphatic heterocycles. The monoisotopic (exact) mass is 539 g/mol. The van der Waals surface area contributed by atoms with Crippen LogP contribution in [0.15, 0.2) is 89.7 Å². The van der Waals surface area contributed by atoms with Gasteiger partial charge in [-0.05, 0) is 86.1 Å². The van der Waals surface area contributed by atoms with Crippen LogP contribution in [0, 0.1) is 13.8 Å². The average Bonchev–Trinajstić information content (AvgIpc) is 3.43. The number of hydrogen-bond acceptors (Lipinski definition) is 2. The minimum atomic E-state index is -4.88. The number of carbonyl (C=O) groups is 1. The Morgan fingerprint density at radius 3 is 1.90 bits per heavy atom. The molecule has 0 N–H and O–H groups in total. The van der Waals surface area contributed by atoms with Gasteiger partial charge in [-0.25, -0.2) is 0 Å². The molecule has 6 rings (SSSR count). The molecule has 6 heteroatoms. The first-order chi connectivity index (χ1) is 19.1. The first-order valence-electron chi connectivity index (χ1n) is 13.5. The fourth-order valence-electron chi connectivity index (χ4n) is 6.30. The highest BCUT2D eigenvalue weighted by molar-refractivity contribution is 6.00. The largest absolute Gasteiger partial charge is 0.454 e. The van der Waals surface area contributed by atoms with Gasteiger partial charge in [0.2, 0.25) is 0 Å². The summed E-state index contributed by atoms with van der Waals surface area (Å²) in [5, 5.41) is 1.35. The Bertz CT molecular complexity index is 1770. The summed E-state index contributed by atoms with van der Waals surface area (Å²) >= 11 is 0. The third-order valence-electron chi connectivity index (χ3n) is 8.21. The summed E-state index contributed by atoms with van der Waals surface area (Å²) in [4.78, 5) is 25.1. The molecule has 1 fully saturated rings. The normalized spacial score (nSPS) is 17.5. The van der Waals surface area contributed by atoms with Crippen LogP contribution in [0.4, 0.5) is 13.2 Å². The predicted octanol–water partition coefficient (Wildman–Crippen LogP) is 8.56. The second-order valence-electron chi connectivity index (χ2n) is 10.9. The third kappa shape index (κ3) is 4.51. The number of aryl methyl sites for hydroxylation is 2. The zero-order valence-corrected chi connectivity index (χ0v) is 22.3. The standard InChI is InChI=1S/C34H28F3NO2/c1-20-9-15-30-28(17-20)32(39)29-18-21(2)10-16-31(29)38(30)25-6-3-5-24(19-25)27-8-4-7-26(27)22-11-13-23(14-12-22)33(40)34(35,36)37/h3,5-6,9-19,26-27H,4,7-8H2,1-2H3. The van der Waals surface area contributed by atoms with Gasteiger partial charge in [0.05, 0.1) is 11.0 Å². The molecular formula is C34H28F3NO2. The predicted molar refractivity (Wildman–Crippen MR) is 153 cm³/mol. The van der Waals surface area contributed by atoms with Gasteiger partial charge in [0, 0.05) is 22.0 Å². The number of carbonyl (C=O) groups excluding carboxylic acids is 1. The maximum absolute atomic E-state index is 13.5. The van der Waals surface area contributed by atoms with E-state index in [4.69, 9.17) is 0 Å². The Morgan fingerprint density at radius 1 is 0.750 bits per heavy atom. The molecule has 0 spiro atoms. The molecule has 2 unspecified atom stereocenters. The molecule has 4 aromatic carbocycles.